The number of likely N-dealkylation sites (N-methyl/N-ethyl adjacent to an activating group) is 1. The summed E-state index contributed by atoms with van der Waals surface area (Å²) in [7, 11) is 3.45. The summed E-state index contributed by atoms with van der Waals surface area (Å²) in [6, 6.07) is 18.4. The summed E-state index contributed by atoms with van der Waals surface area (Å²) in [5, 5.41) is 9.03. The van der Waals surface area contributed by atoms with Crippen molar-refractivity contribution < 1.29 is 23.8 Å². The van der Waals surface area contributed by atoms with Crippen LogP contribution in [0, 0.1) is 11.0 Å². The number of hydrogen-bond acceptors (Lipinski definition) is 7. The molecular weight excluding hydrogens is 519 g/mol. The number of rotatable bonds is 8. The first-order valence-electron chi connectivity index (χ1n) is 12.4. The topological polar surface area (TPSA) is 95.9 Å². The quantitative estimate of drug-likeness (QED) is 0.327. The van der Waals surface area contributed by atoms with Crippen LogP contribution in [0.1, 0.15) is 12.0 Å². The molecule has 0 spiro atoms. The number of nitrogens with zero attached hydrogens (tertiary/aromatic N) is 4. The van der Waals surface area contributed by atoms with E-state index in [0.717, 1.165) is 40.4 Å². The molecule has 0 bridgehead atoms. The average molecular weight is 547 g/mol. The summed E-state index contributed by atoms with van der Waals surface area (Å²) >= 11 is 0.748. The molecule has 4 aromatic rings. The Morgan fingerprint density at radius 2 is 1.87 bits per heavy atom. The molecule has 0 saturated carbocycles. The molecule has 1 aliphatic heterocycles. The number of aromatic nitrogens is 2. The highest BCUT2D eigenvalue weighted by atomic mass is 32.1. The van der Waals surface area contributed by atoms with E-state index in [-0.39, 0.29) is 23.7 Å². The molecule has 200 valence electrons. The first kappa shape index (κ1) is 26.3. The average Bonchev–Trinajstić information content (AvgIpc) is 3.33. The highest BCUT2D eigenvalue weighted by Crippen LogP contribution is 2.39. The lowest BCUT2D eigenvalue weighted by Crippen LogP contribution is -2.35. The number of anilines is 2. The highest BCUT2D eigenvalue weighted by molar-refractivity contribution is 7.14. The van der Waals surface area contributed by atoms with E-state index in [1.807, 2.05) is 60.5 Å². The van der Waals surface area contributed by atoms with Gasteiger partial charge in [-0.05, 0) is 23.6 Å². The van der Waals surface area contributed by atoms with Gasteiger partial charge >= 0.3 is 5.97 Å². The van der Waals surface area contributed by atoms with Crippen molar-refractivity contribution in [3.63, 3.8) is 0 Å². The van der Waals surface area contributed by atoms with Gasteiger partial charge in [0.25, 0.3) is 0 Å². The number of hydrogen-bond donors (Lipinski definition) is 1. The third-order valence-corrected chi connectivity index (χ3v) is 7.58. The van der Waals surface area contributed by atoms with Crippen molar-refractivity contribution >= 4 is 34.2 Å². The van der Waals surface area contributed by atoms with Crippen LogP contribution in [0.4, 0.5) is 15.3 Å². The zero-order valence-electron chi connectivity index (χ0n) is 21.5. The highest BCUT2D eigenvalue weighted by Gasteiger charge is 2.29. The smallest absolute Gasteiger partial charge is 0.304 e. The third-order valence-electron chi connectivity index (χ3n) is 6.66. The fourth-order valence-electron chi connectivity index (χ4n) is 4.64. The maximum atomic E-state index is 15.4. The number of halogens is 1. The van der Waals surface area contributed by atoms with E-state index >= 15 is 4.39 Å². The monoisotopic (exact) mass is 546 g/mol. The summed E-state index contributed by atoms with van der Waals surface area (Å²) in [6.45, 7) is 1.29. The number of aliphatic carboxylic acids is 1. The second kappa shape index (κ2) is 11.2. The van der Waals surface area contributed by atoms with E-state index in [2.05, 4.69) is 9.97 Å². The van der Waals surface area contributed by atoms with Crippen molar-refractivity contribution in [2.24, 2.45) is 5.92 Å². The minimum atomic E-state index is -1.08. The van der Waals surface area contributed by atoms with Crippen LogP contribution in [0.25, 0.3) is 22.4 Å². The lowest BCUT2D eigenvalue weighted by molar-refractivity contribution is -0.140. The summed E-state index contributed by atoms with van der Waals surface area (Å²) in [5.41, 5.74) is 2.98. The van der Waals surface area contributed by atoms with Crippen molar-refractivity contribution in [2.75, 3.05) is 37.0 Å². The number of carbonyl (C=O) groups excluding carboxylic acids is 1. The van der Waals surface area contributed by atoms with E-state index in [9.17, 15) is 14.7 Å². The van der Waals surface area contributed by atoms with Gasteiger partial charge in [0, 0.05) is 31.4 Å². The number of carboxylic acids is 1. The maximum absolute atomic E-state index is 15.4. The Bertz CT molecular complexity index is 1510. The van der Waals surface area contributed by atoms with Gasteiger partial charge in [-0.2, -0.15) is 4.39 Å². The van der Waals surface area contributed by atoms with Gasteiger partial charge in [0.1, 0.15) is 12.3 Å². The Hall–Kier alpha value is -4.31. The Kier molecular flexibility index (Phi) is 7.56. The Labute approximate surface area is 229 Å². The molecule has 1 amide bonds. The number of thiazole rings is 1. The van der Waals surface area contributed by atoms with Crippen molar-refractivity contribution in [3.8, 4) is 28.1 Å². The van der Waals surface area contributed by atoms with E-state index in [1.54, 1.807) is 18.3 Å². The summed E-state index contributed by atoms with van der Waals surface area (Å²) in [6.07, 6.45) is 1.64. The van der Waals surface area contributed by atoms with Crippen molar-refractivity contribution in [1.82, 2.24) is 9.97 Å². The van der Waals surface area contributed by atoms with Gasteiger partial charge in [-0.15, -0.1) is 0 Å². The SMILES string of the molecule is CN1CCOc2cc(-c3ccccc3-c3nc(N(C)C(=O)[C@@H](CC(=O)O)Cc4ccccc4)sc3F)cnc21. The van der Waals surface area contributed by atoms with E-state index in [1.165, 1.54) is 11.9 Å². The minimum Gasteiger partial charge on any atom is -0.488 e. The summed E-state index contributed by atoms with van der Waals surface area (Å²) in [4.78, 5) is 37.2. The molecule has 1 aliphatic rings. The summed E-state index contributed by atoms with van der Waals surface area (Å²) < 4.78 is 21.2. The van der Waals surface area contributed by atoms with Gasteiger partial charge in [-0.1, -0.05) is 65.9 Å². The lowest BCUT2D eigenvalue weighted by atomic mass is 9.95. The Morgan fingerprint density at radius 3 is 2.62 bits per heavy atom. The fraction of sp³-hybridized carbons (Fsp3) is 0.241. The number of amides is 1. The molecule has 0 unspecified atom stereocenters. The molecule has 10 heteroatoms. The Balaban J connectivity index is 1.45. The number of pyridine rings is 1. The van der Waals surface area contributed by atoms with Crippen LogP contribution in [-0.2, 0) is 16.0 Å². The molecule has 0 aliphatic carbocycles. The van der Waals surface area contributed by atoms with Crippen LogP contribution in [0.2, 0.25) is 0 Å². The van der Waals surface area contributed by atoms with Gasteiger partial charge in [-0.25, -0.2) is 9.97 Å². The second-order valence-corrected chi connectivity index (χ2v) is 10.3. The fourth-order valence-corrected chi connectivity index (χ4v) is 5.42. The van der Waals surface area contributed by atoms with Gasteiger partial charge in [0.05, 0.1) is 18.9 Å². The molecule has 0 fully saturated rings. The number of carboxylic acid groups (broad SMARTS) is 1. The van der Waals surface area contributed by atoms with Crippen LogP contribution in [0.3, 0.4) is 0 Å². The van der Waals surface area contributed by atoms with Crippen LogP contribution in [-0.4, -0.2) is 54.2 Å². The zero-order valence-corrected chi connectivity index (χ0v) is 22.3. The van der Waals surface area contributed by atoms with E-state index in [4.69, 9.17) is 4.74 Å². The number of benzene rings is 2. The number of ether oxygens (including phenoxy) is 1. The lowest BCUT2D eigenvalue weighted by Gasteiger charge is -2.26. The molecule has 2 aromatic heterocycles. The number of fused-ring (bicyclic) bond motifs is 1. The largest absolute Gasteiger partial charge is 0.488 e. The molecular formula is C29H27FN4O4S. The summed E-state index contributed by atoms with van der Waals surface area (Å²) in [5.74, 6) is -0.932. The van der Waals surface area contributed by atoms with Crippen molar-refractivity contribution in [2.45, 2.75) is 12.8 Å². The molecule has 5 rings (SSSR count). The van der Waals surface area contributed by atoms with Crippen LogP contribution in [0.5, 0.6) is 5.75 Å². The predicted octanol–water partition coefficient (Wildman–Crippen LogP) is 5.14. The normalized spacial score (nSPS) is 13.4. The molecule has 8 nitrogen and oxygen atoms in total. The van der Waals surface area contributed by atoms with Crippen LogP contribution >= 0.6 is 11.3 Å². The van der Waals surface area contributed by atoms with Crippen LogP contribution in [0.15, 0.2) is 66.9 Å². The minimum absolute atomic E-state index is 0.110. The van der Waals surface area contributed by atoms with Crippen LogP contribution < -0.4 is 14.5 Å². The van der Waals surface area contributed by atoms with Gasteiger partial charge in [0.2, 0.25) is 11.0 Å². The van der Waals surface area contributed by atoms with Gasteiger partial charge < -0.3 is 14.7 Å². The van der Waals surface area contributed by atoms with E-state index < -0.39 is 22.9 Å². The predicted molar refractivity (Wildman–Crippen MR) is 149 cm³/mol. The third kappa shape index (κ3) is 5.61. The Morgan fingerprint density at radius 1 is 1.15 bits per heavy atom. The first-order valence-corrected chi connectivity index (χ1v) is 13.3. The standard InChI is InChI=1S/C29H27FN4O4S/c1-33-12-13-38-23-15-20(17-31-27(23)33)21-10-6-7-11-22(21)25-26(30)39-29(32-25)34(2)28(37)19(16-24(35)36)14-18-8-4-3-5-9-18/h3-11,15,17,19H,12-14,16H2,1-2H3,(H,35,36)/t19-/m1/s1. The molecule has 3 heterocycles. The molecule has 0 saturated heterocycles. The van der Waals surface area contributed by atoms with Crippen molar-refractivity contribution in [1.29, 1.82) is 0 Å². The molecule has 39 heavy (non-hydrogen) atoms. The maximum Gasteiger partial charge on any atom is 0.304 e. The molecule has 2 aromatic carbocycles. The second-order valence-electron chi connectivity index (χ2n) is 9.36. The first-order chi connectivity index (χ1) is 18.8. The van der Waals surface area contributed by atoms with Gasteiger partial charge in [0.15, 0.2) is 16.7 Å². The van der Waals surface area contributed by atoms with Gasteiger partial charge in [-0.3, -0.25) is 14.5 Å². The number of carbonyl (C=O) groups is 2. The van der Waals surface area contributed by atoms with Crippen molar-refractivity contribution in [3.05, 3.63) is 77.6 Å². The zero-order chi connectivity index (χ0) is 27.5. The van der Waals surface area contributed by atoms with E-state index in [0.29, 0.717) is 17.9 Å². The molecule has 1 atom stereocenters. The molecule has 0 radical (unpaired) electrons. The molecule has 1 N–H and O–H groups in total.